The lowest BCUT2D eigenvalue weighted by molar-refractivity contribution is 0.0962. The van der Waals surface area contributed by atoms with Crippen molar-refractivity contribution in [3.05, 3.63) is 52.9 Å². The van der Waals surface area contributed by atoms with Gasteiger partial charge in [-0.2, -0.15) is 5.10 Å². The fraction of sp³-hybridized carbons (Fsp3) is 0.400. The second-order valence-electron chi connectivity index (χ2n) is 7.00. The number of aliphatic imine (C=N–C) groups is 1. The Bertz CT molecular complexity index is 948. The molecule has 3 heterocycles. The molecule has 0 saturated carbocycles. The van der Waals surface area contributed by atoms with E-state index >= 15 is 0 Å². The Morgan fingerprint density at radius 1 is 1.32 bits per heavy atom. The summed E-state index contributed by atoms with van der Waals surface area (Å²) in [5, 5.41) is 4.93. The Balaban J connectivity index is 1.51. The first-order valence-electron chi connectivity index (χ1n) is 9.29. The molecule has 1 aromatic carbocycles. The first-order chi connectivity index (χ1) is 13.5. The van der Waals surface area contributed by atoms with Gasteiger partial charge in [-0.3, -0.25) is 5.43 Å². The lowest BCUT2D eigenvalue weighted by atomic mass is 10.1. The molecule has 0 spiro atoms. The molecule has 0 unspecified atom stereocenters. The van der Waals surface area contributed by atoms with E-state index < -0.39 is 11.6 Å². The van der Waals surface area contributed by atoms with E-state index in [4.69, 9.17) is 4.74 Å². The third-order valence-corrected chi connectivity index (χ3v) is 5.93. The SMILES string of the molecule is Cc1cc(C2=NNC(=Nc3ccc(F)cc3F)SC2)c(C)n1C[C@@H]1CCCO1. The molecule has 2 aliphatic rings. The fourth-order valence-electron chi connectivity index (χ4n) is 3.56. The number of hydrazone groups is 1. The third-order valence-electron chi connectivity index (χ3n) is 5.06. The van der Waals surface area contributed by atoms with Gasteiger partial charge in [0.15, 0.2) is 11.0 Å². The molecule has 1 N–H and O–H groups in total. The van der Waals surface area contributed by atoms with E-state index in [0.29, 0.717) is 10.9 Å². The van der Waals surface area contributed by atoms with Crippen molar-refractivity contribution in [1.82, 2.24) is 9.99 Å². The number of hydrogen-bond donors (Lipinski definition) is 1. The Labute approximate surface area is 166 Å². The lowest BCUT2D eigenvalue weighted by Gasteiger charge is -2.17. The van der Waals surface area contributed by atoms with E-state index in [9.17, 15) is 8.78 Å². The summed E-state index contributed by atoms with van der Waals surface area (Å²) in [5.41, 5.74) is 7.36. The van der Waals surface area contributed by atoms with Crippen molar-refractivity contribution in [2.75, 3.05) is 12.4 Å². The van der Waals surface area contributed by atoms with Crippen molar-refractivity contribution in [3.63, 3.8) is 0 Å². The quantitative estimate of drug-likeness (QED) is 0.827. The molecule has 8 heteroatoms. The number of thioether (sulfide) groups is 1. The number of amidine groups is 1. The van der Waals surface area contributed by atoms with Crippen molar-refractivity contribution < 1.29 is 13.5 Å². The molecule has 1 atom stereocenters. The summed E-state index contributed by atoms with van der Waals surface area (Å²) in [6.45, 7) is 5.91. The van der Waals surface area contributed by atoms with Crippen LogP contribution in [0.5, 0.6) is 0 Å². The largest absolute Gasteiger partial charge is 0.376 e. The molecule has 1 aromatic heterocycles. The van der Waals surface area contributed by atoms with Crippen LogP contribution in [0.25, 0.3) is 0 Å². The number of aryl methyl sites for hydroxylation is 1. The number of nitrogens with zero attached hydrogens (tertiary/aromatic N) is 3. The highest BCUT2D eigenvalue weighted by molar-refractivity contribution is 8.14. The van der Waals surface area contributed by atoms with Gasteiger partial charge in [-0.25, -0.2) is 13.8 Å². The second kappa shape index (κ2) is 8.05. The number of hydrogen-bond acceptors (Lipinski definition) is 4. The van der Waals surface area contributed by atoms with E-state index in [-0.39, 0.29) is 11.8 Å². The van der Waals surface area contributed by atoms with Crippen molar-refractivity contribution in [2.45, 2.75) is 39.3 Å². The van der Waals surface area contributed by atoms with Gasteiger partial charge in [0.05, 0.1) is 11.8 Å². The molecular weight excluding hydrogens is 382 g/mol. The zero-order valence-corrected chi connectivity index (χ0v) is 16.7. The number of nitrogens with one attached hydrogen (secondary N) is 1. The van der Waals surface area contributed by atoms with Gasteiger partial charge in [-0.15, -0.1) is 0 Å². The van der Waals surface area contributed by atoms with Crippen LogP contribution < -0.4 is 5.43 Å². The van der Waals surface area contributed by atoms with Crippen molar-refractivity contribution in [3.8, 4) is 0 Å². The summed E-state index contributed by atoms with van der Waals surface area (Å²) in [7, 11) is 0. The molecule has 1 fully saturated rings. The van der Waals surface area contributed by atoms with Crippen molar-refractivity contribution >= 4 is 28.3 Å². The predicted molar refractivity (Wildman–Crippen MR) is 108 cm³/mol. The van der Waals surface area contributed by atoms with Gasteiger partial charge >= 0.3 is 0 Å². The second-order valence-corrected chi connectivity index (χ2v) is 7.97. The highest BCUT2D eigenvalue weighted by Gasteiger charge is 2.22. The molecule has 2 aromatic rings. The Morgan fingerprint density at radius 2 is 2.18 bits per heavy atom. The summed E-state index contributed by atoms with van der Waals surface area (Å²) in [6.07, 6.45) is 2.51. The van der Waals surface area contributed by atoms with Gasteiger partial charge in [0.2, 0.25) is 0 Å². The van der Waals surface area contributed by atoms with Gasteiger partial charge in [-0.1, -0.05) is 11.8 Å². The monoisotopic (exact) mass is 404 g/mol. The zero-order valence-electron chi connectivity index (χ0n) is 15.8. The summed E-state index contributed by atoms with van der Waals surface area (Å²) < 4.78 is 34.9. The minimum Gasteiger partial charge on any atom is -0.376 e. The van der Waals surface area contributed by atoms with Gasteiger partial charge in [0, 0.05) is 41.9 Å². The first kappa shape index (κ1) is 19.1. The number of ether oxygens (including phenoxy) is 1. The molecular formula is C20H22F2N4OS. The van der Waals surface area contributed by atoms with E-state index in [1.807, 2.05) is 0 Å². The molecule has 5 nitrogen and oxygen atoms in total. The van der Waals surface area contributed by atoms with Crippen LogP contribution in [-0.4, -0.2) is 33.9 Å². The molecule has 28 heavy (non-hydrogen) atoms. The first-order valence-corrected chi connectivity index (χ1v) is 10.3. The molecule has 4 rings (SSSR count). The number of benzene rings is 1. The van der Waals surface area contributed by atoms with Crippen LogP contribution in [-0.2, 0) is 11.3 Å². The summed E-state index contributed by atoms with van der Waals surface area (Å²) in [4.78, 5) is 4.20. The van der Waals surface area contributed by atoms with Crippen LogP contribution in [0.4, 0.5) is 14.5 Å². The molecule has 0 aliphatic carbocycles. The number of halogens is 2. The van der Waals surface area contributed by atoms with E-state index in [0.717, 1.165) is 43.3 Å². The van der Waals surface area contributed by atoms with E-state index in [1.165, 1.54) is 35.3 Å². The normalized spacial score (nSPS) is 21.1. The zero-order chi connectivity index (χ0) is 19.7. The van der Waals surface area contributed by atoms with Gasteiger partial charge in [-0.05, 0) is 44.9 Å². The maximum Gasteiger partial charge on any atom is 0.182 e. The number of aromatic nitrogens is 1. The average molecular weight is 404 g/mol. The summed E-state index contributed by atoms with van der Waals surface area (Å²) in [6, 6.07) is 5.48. The highest BCUT2D eigenvalue weighted by atomic mass is 32.2. The molecule has 1 saturated heterocycles. The molecule has 148 valence electrons. The van der Waals surface area contributed by atoms with Crippen LogP contribution in [0.1, 0.15) is 29.8 Å². The standard InChI is InChI=1S/C20H22F2N4OS/c1-12-8-16(13(2)26(12)10-15-4-3-7-27-15)19-11-28-20(25-24-19)23-18-6-5-14(21)9-17(18)22/h5-6,8-9,15H,3-4,7,10-11H2,1-2H3,(H,23,25)/t15-/m0/s1. The molecule has 0 radical (unpaired) electrons. The van der Waals surface area contributed by atoms with Crippen LogP contribution >= 0.6 is 11.8 Å². The molecule has 2 aliphatic heterocycles. The average Bonchev–Trinajstić information content (AvgIpc) is 3.29. The maximum atomic E-state index is 13.8. The molecule has 0 amide bonds. The van der Waals surface area contributed by atoms with Crippen molar-refractivity contribution in [2.24, 2.45) is 10.1 Å². The Hall–Kier alpha value is -2.19. The Kier molecular flexibility index (Phi) is 5.50. The van der Waals surface area contributed by atoms with Crippen LogP contribution in [0.3, 0.4) is 0 Å². The predicted octanol–water partition coefficient (Wildman–Crippen LogP) is 4.29. The van der Waals surface area contributed by atoms with E-state index in [1.54, 1.807) is 0 Å². The topological polar surface area (TPSA) is 50.9 Å². The van der Waals surface area contributed by atoms with Crippen LogP contribution in [0.2, 0.25) is 0 Å². The minimum atomic E-state index is -0.692. The summed E-state index contributed by atoms with van der Waals surface area (Å²) >= 11 is 1.44. The highest BCUT2D eigenvalue weighted by Crippen LogP contribution is 2.25. The maximum absolute atomic E-state index is 13.8. The lowest BCUT2D eigenvalue weighted by Crippen LogP contribution is -2.25. The van der Waals surface area contributed by atoms with Gasteiger partial charge < -0.3 is 9.30 Å². The summed E-state index contributed by atoms with van der Waals surface area (Å²) in [5.74, 6) is -0.689. The minimum absolute atomic E-state index is 0.0878. The number of rotatable bonds is 4. The molecule has 0 bridgehead atoms. The van der Waals surface area contributed by atoms with Gasteiger partial charge in [0.1, 0.15) is 11.5 Å². The third kappa shape index (κ3) is 3.98. The fourth-order valence-corrected chi connectivity index (χ4v) is 4.33. The van der Waals surface area contributed by atoms with Crippen LogP contribution in [0.15, 0.2) is 34.4 Å². The Morgan fingerprint density at radius 3 is 2.86 bits per heavy atom. The van der Waals surface area contributed by atoms with Gasteiger partial charge in [0.25, 0.3) is 0 Å². The smallest absolute Gasteiger partial charge is 0.182 e. The van der Waals surface area contributed by atoms with Crippen LogP contribution in [0, 0.1) is 25.5 Å². The van der Waals surface area contributed by atoms with Crippen molar-refractivity contribution in [1.29, 1.82) is 0 Å². The van der Waals surface area contributed by atoms with E-state index in [2.05, 4.69) is 40.0 Å².